The Balaban J connectivity index is 2.38. The Labute approximate surface area is 138 Å². The van der Waals surface area contributed by atoms with Crippen molar-refractivity contribution in [2.45, 2.75) is 33.2 Å². The van der Waals surface area contributed by atoms with E-state index in [1.165, 1.54) is 21.6 Å². The van der Waals surface area contributed by atoms with E-state index in [0.29, 0.717) is 0 Å². The van der Waals surface area contributed by atoms with Crippen LogP contribution in [-0.4, -0.2) is 6.54 Å². The normalized spacial score (nSPS) is 12.7. The molecule has 20 heavy (non-hydrogen) atoms. The molecule has 1 unspecified atom stereocenters. The van der Waals surface area contributed by atoms with E-state index in [9.17, 15) is 0 Å². The van der Waals surface area contributed by atoms with Crippen LogP contribution in [0.2, 0.25) is 5.02 Å². The van der Waals surface area contributed by atoms with Gasteiger partial charge in [-0.25, -0.2) is 0 Å². The summed E-state index contributed by atoms with van der Waals surface area (Å²) < 4.78 is 1.00. The predicted molar refractivity (Wildman–Crippen MR) is 93.1 cm³/mol. The maximum absolute atomic E-state index is 6.19. The van der Waals surface area contributed by atoms with E-state index in [1.54, 1.807) is 11.3 Å². The number of aryl methyl sites for hydroxylation is 2. The standard InChI is InChI=1S/C16H19BrClNS/c1-4-7-19-15(14-9-13(18)16(17)20-14)12-6-5-10(2)11(3)8-12/h5-6,8-9,15,19H,4,7H2,1-3H3. The van der Waals surface area contributed by atoms with Crippen LogP contribution in [0.15, 0.2) is 28.1 Å². The number of nitrogens with one attached hydrogen (secondary N) is 1. The minimum atomic E-state index is 0.211. The van der Waals surface area contributed by atoms with E-state index in [2.05, 4.69) is 66.3 Å². The van der Waals surface area contributed by atoms with E-state index < -0.39 is 0 Å². The van der Waals surface area contributed by atoms with Crippen molar-refractivity contribution in [1.82, 2.24) is 5.32 Å². The van der Waals surface area contributed by atoms with Crippen LogP contribution < -0.4 is 5.32 Å². The Hall–Kier alpha value is -0.350. The molecule has 0 saturated heterocycles. The van der Waals surface area contributed by atoms with Gasteiger partial charge < -0.3 is 5.32 Å². The Morgan fingerprint density at radius 2 is 2.00 bits per heavy atom. The summed E-state index contributed by atoms with van der Waals surface area (Å²) in [5, 5.41) is 4.41. The molecule has 4 heteroatoms. The predicted octanol–water partition coefficient (Wildman–Crippen LogP) is 5.87. The number of thiophene rings is 1. The molecule has 1 nitrogen and oxygen atoms in total. The Kier molecular flexibility index (Phi) is 5.67. The maximum Gasteiger partial charge on any atom is 0.0888 e. The fourth-order valence-electron chi connectivity index (χ4n) is 2.12. The van der Waals surface area contributed by atoms with E-state index in [0.717, 1.165) is 21.8 Å². The molecule has 1 N–H and O–H groups in total. The van der Waals surface area contributed by atoms with E-state index in [4.69, 9.17) is 11.6 Å². The van der Waals surface area contributed by atoms with E-state index >= 15 is 0 Å². The van der Waals surface area contributed by atoms with Gasteiger partial charge in [-0.1, -0.05) is 36.7 Å². The van der Waals surface area contributed by atoms with Crippen molar-refractivity contribution in [2.75, 3.05) is 6.54 Å². The first-order valence-electron chi connectivity index (χ1n) is 6.78. The second-order valence-electron chi connectivity index (χ2n) is 5.00. The van der Waals surface area contributed by atoms with Gasteiger partial charge in [0, 0.05) is 4.88 Å². The van der Waals surface area contributed by atoms with Gasteiger partial charge in [-0.3, -0.25) is 0 Å². The molecule has 0 amide bonds. The third-order valence-electron chi connectivity index (χ3n) is 3.41. The third-order valence-corrected chi connectivity index (χ3v) is 5.95. The van der Waals surface area contributed by atoms with Gasteiger partial charge in [0.15, 0.2) is 0 Å². The molecule has 0 spiro atoms. The summed E-state index contributed by atoms with van der Waals surface area (Å²) >= 11 is 11.4. The zero-order chi connectivity index (χ0) is 14.7. The number of hydrogen-bond acceptors (Lipinski definition) is 2. The molecule has 2 rings (SSSR count). The molecular weight excluding hydrogens is 354 g/mol. The fourth-order valence-corrected chi connectivity index (χ4v) is 3.97. The number of hydrogen-bond donors (Lipinski definition) is 1. The van der Waals surface area contributed by atoms with Crippen molar-refractivity contribution in [1.29, 1.82) is 0 Å². The highest BCUT2D eigenvalue weighted by Crippen LogP contribution is 2.37. The topological polar surface area (TPSA) is 12.0 Å². The largest absolute Gasteiger partial charge is 0.306 e. The van der Waals surface area contributed by atoms with Crippen molar-refractivity contribution in [3.05, 3.63) is 54.6 Å². The van der Waals surface area contributed by atoms with Crippen LogP contribution in [0.5, 0.6) is 0 Å². The highest BCUT2D eigenvalue weighted by atomic mass is 79.9. The number of benzene rings is 1. The average molecular weight is 373 g/mol. The molecule has 0 fully saturated rings. The van der Waals surface area contributed by atoms with Crippen LogP contribution in [0.4, 0.5) is 0 Å². The van der Waals surface area contributed by atoms with Crippen molar-refractivity contribution in [3.63, 3.8) is 0 Å². The minimum Gasteiger partial charge on any atom is -0.306 e. The van der Waals surface area contributed by atoms with Gasteiger partial charge in [0.05, 0.1) is 14.9 Å². The lowest BCUT2D eigenvalue weighted by Gasteiger charge is -2.18. The highest BCUT2D eigenvalue weighted by molar-refractivity contribution is 9.11. The van der Waals surface area contributed by atoms with Crippen LogP contribution in [0.1, 0.15) is 41.0 Å². The van der Waals surface area contributed by atoms with E-state index in [1.807, 2.05) is 0 Å². The Morgan fingerprint density at radius 1 is 1.25 bits per heavy atom. The molecule has 1 aromatic carbocycles. The smallest absolute Gasteiger partial charge is 0.0888 e. The Bertz CT molecular complexity index is 575. The first-order chi connectivity index (χ1) is 9.52. The average Bonchev–Trinajstić information content (AvgIpc) is 2.74. The Morgan fingerprint density at radius 3 is 2.55 bits per heavy atom. The lowest BCUT2D eigenvalue weighted by molar-refractivity contribution is 0.605. The highest BCUT2D eigenvalue weighted by Gasteiger charge is 2.17. The summed E-state index contributed by atoms with van der Waals surface area (Å²) in [6.07, 6.45) is 1.11. The molecule has 0 aliphatic heterocycles. The van der Waals surface area contributed by atoms with Crippen molar-refractivity contribution in [2.24, 2.45) is 0 Å². The molecule has 2 aromatic rings. The van der Waals surface area contributed by atoms with Crippen LogP contribution in [0.3, 0.4) is 0 Å². The summed E-state index contributed by atoms with van der Waals surface area (Å²) in [6.45, 7) is 7.48. The zero-order valence-electron chi connectivity index (χ0n) is 12.0. The second-order valence-corrected chi connectivity index (χ2v) is 7.81. The fraction of sp³-hybridized carbons (Fsp3) is 0.375. The molecule has 1 atom stereocenters. The van der Waals surface area contributed by atoms with Gasteiger partial charge in [0.25, 0.3) is 0 Å². The number of halogens is 2. The molecule has 1 heterocycles. The van der Waals surface area contributed by atoms with Gasteiger partial charge in [-0.2, -0.15) is 0 Å². The summed E-state index contributed by atoms with van der Waals surface area (Å²) in [4.78, 5) is 1.25. The van der Waals surface area contributed by atoms with Crippen LogP contribution in [0.25, 0.3) is 0 Å². The summed E-state index contributed by atoms with van der Waals surface area (Å²) in [6, 6.07) is 8.93. The van der Waals surface area contributed by atoms with Crippen molar-refractivity contribution >= 4 is 38.9 Å². The van der Waals surface area contributed by atoms with Crippen LogP contribution in [-0.2, 0) is 0 Å². The van der Waals surface area contributed by atoms with Gasteiger partial charge in [-0.05, 0) is 65.5 Å². The third kappa shape index (κ3) is 3.64. The molecule has 0 aliphatic carbocycles. The summed E-state index contributed by atoms with van der Waals surface area (Å²) in [5.41, 5.74) is 3.95. The molecule has 0 bridgehead atoms. The van der Waals surface area contributed by atoms with Crippen LogP contribution in [0, 0.1) is 13.8 Å². The van der Waals surface area contributed by atoms with Gasteiger partial charge >= 0.3 is 0 Å². The lowest BCUT2D eigenvalue weighted by Crippen LogP contribution is -2.22. The minimum absolute atomic E-state index is 0.211. The van der Waals surface area contributed by atoms with Crippen molar-refractivity contribution in [3.8, 4) is 0 Å². The maximum atomic E-state index is 6.19. The molecule has 108 valence electrons. The first kappa shape index (κ1) is 16.0. The first-order valence-corrected chi connectivity index (χ1v) is 8.77. The SMILES string of the molecule is CCCNC(c1ccc(C)c(C)c1)c1cc(Cl)c(Br)s1. The van der Waals surface area contributed by atoms with Crippen LogP contribution >= 0.6 is 38.9 Å². The van der Waals surface area contributed by atoms with E-state index in [-0.39, 0.29) is 6.04 Å². The van der Waals surface area contributed by atoms with Gasteiger partial charge in [0.1, 0.15) is 0 Å². The lowest BCUT2D eigenvalue weighted by atomic mass is 10.00. The molecule has 1 aromatic heterocycles. The number of rotatable bonds is 5. The quantitative estimate of drug-likeness (QED) is 0.692. The van der Waals surface area contributed by atoms with Gasteiger partial charge in [0.2, 0.25) is 0 Å². The monoisotopic (exact) mass is 371 g/mol. The molecule has 0 radical (unpaired) electrons. The summed E-state index contributed by atoms with van der Waals surface area (Å²) in [7, 11) is 0. The molecule has 0 aliphatic rings. The summed E-state index contributed by atoms with van der Waals surface area (Å²) in [5.74, 6) is 0. The van der Waals surface area contributed by atoms with Crippen molar-refractivity contribution < 1.29 is 0 Å². The molecule has 0 saturated carbocycles. The zero-order valence-corrected chi connectivity index (χ0v) is 15.1. The van der Waals surface area contributed by atoms with Gasteiger partial charge in [-0.15, -0.1) is 11.3 Å². The second kappa shape index (κ2) is 7.08. The molecular formula is C16H19BrClNS.